The molecule has 0 unspecified atom stereocenters. The lowest BCUT2D eigenvalue weighted by atomic mass is 10.2. The van der Waals surface area contributed by atoms with Gasteiger partial charge in [-0.3, -0.25) is 4.79 Å². The van der Waals surface area contributed by atoms with Gasteiger partial charge in [-0.25, -0.2) is 0 Å². The van der Waals surface area contributed by atoms with E-state index in [2.05, 4.69) is 4.18 Å². The lowest BCUT2D eigenvalue weighted by Gasteiger charge is -2.01. The predicted molar refractivity (Wildman–Crippen MR) is 46.9 cm³/mol. The molecule has 1 aromatic rings. The molecule has 5 nitrogen and oxygen atoms in total. The molecule has 0 bridgehead atoms. The quantitative estimate of drug-likeness (QED) is 0.458. The van der Waals surface area contributed by atoms with Gasteiger partial charge < -0.3 is 9.92 Å². The molecule has 0 saturated carbocycles. The summed E-state index contributed by atoms with van der Waals surface area (Å²) in [7, 11) is -5.09. The Morgan fingerprint density at radius 1 is 1.36 bits per heavy atom. The van der Waals surface area contributed by atoms with Crippen LogP contribution in [-0.2, 0) is 10.5 Å². The molecule has 14 heavy (non-hydrogen) atoms. The van der Waals surface area contributed by atoms with E-state index in [9.17, 15) is 17.1 Å². The van der Waals surface area contributed by atoms with Crippen LogP contribution in [0.15, 0.2) is 18.2 Å². The molecule has 76 valence electrons. The van der Waals surface area contributed by atoms with Crippen LogP contribution in [0.25, 0.3) is 0 Å². The molecule has 0 fully saturated rings. The zero-order valence-electron chi connectivity index (χ0n) is 6.81. The van der Waals surface area contributed by atoms with Crippen LogP contribution in [0.1, 0.15) is 10.4 Å². The predicted octanol–water partition coefficient (Wildman–Crippen LogP) is 0.674. The summed E-state index contributed by atoms with van der Waals surface area (Å²) in [6.45, 7) is 0. The van der Waals surface area contributed by atoms with E-state index in [-0.39, 0.29) is 17.0 Å². The van der Waals surface area contributed by atoms with Crippen LogP contribution in [0.2, 0.25) is 0 Å². The summed E-state index contributed by atoms with van der Waals surface area (Å²) >= 11 is 0. The van der Waals surface area contributed by atoms with Crippen molar-refractivity contribution in [2.75, 3.05) is 5.73 Å². The maximum absolute atomic E-state index is 12.1. The van der Waals surface area contributed by atoms with Crippen LogP contribution in [0.5, 0.6) is 5.75 Å². The number of carbonyl (C=O) groups is 1. The molecular formula is C7H6FNO4S. The minimum Gasteiger partial charge on any atom is -0.399 e. The second kappa shape index (κ2) is 3.62. The van der Waals surface area contributed by atoms with Gasteiger partial charge in [0.1, 0.15) is 12.0 Å². The maximum atomic E-state index is 12.1. The Kier molecular flexibility index (Phi) is 2.70. The summed E-state index contributed by atoms with van der Waals surface area (Å²) in [5.74, 6) is -0.338. The summed E-state index contributed by atoms with van der Waals surface area (Å²) in [6, 6.07) is 3.44. The molecule has 1 aromatic carbocycles. The van der Waals surface area contributed by atoms with E-state index < -0.39 is 10.5 Å². The Labute approximate surface area is 79.7 Å². The molecule has 0 atom stereocenters. The number of nitrogens with two attached hydrogens (primary N) is 1. The Hall–Kier alpha value is -1.63. The second-order valence-corrected chi connectivity index (χ2v) is 3.38. The highest BCUT2D eigenvalue weighted by atomic mass is 32.3. The van der Waals surface area contributed by atoms with Crippen molar-refractivity contribution in [3.05, 3.63) is 23.8 Å². The van der Waals surface area contributed by atoms with Crippen LogP contribution in [0, 0.1) is 0 Å². The van der Waals surface area contributed by atoms with E-state index in [4.69, 9.17) is 5.73 Å². The van der Waals surface area contributed by atoms with Gasteiger partial charge in [0.05, 0.1) is 0 Å². The second-order valence-electron chi connectivity index (χ2n) is 2.43. The SMILES string of the molecule is Nc1cc(C=O)cc(OS(=O)(=O)F)c1. The highest BCUT2D eigenvalue weighted by Crippen LogP contribution is 2.19. The van der Waals surface area contributed by atoms with Crippen LogP contribution in [0.3, 0.4) is 0 Å². The summed E-state index contributed by atoms with van der Waals surface area (Å²) in [6.07, 6.45) is 0.439. The van der Waals surface area contributed by atoms with Crippen molar-refractivity contribution in [2.45, 2.75) is 0 Å². The first-order valence-electron chi connectivity index (χ1n) is 3.40. The van der Waals surface area contributed by atoms with Crippen molar-refractivity contribution >= 4 is 22.5 Å². The lowest BCUT2D eigenvalue weighted by molar-refractivity contribution is 0.112. The molecule has 7 heteroatoms. The number of aldehydes is 1. The Bertz CT molecular complexity index is 457. The van der Waals surface area contributed by atoms with E-state index in [1.807, 2.05) is 0 Å². The van der Waals surface area contributed by atoms with Crippen LogP contribution >= 0.6 is 0 Å². The molecule has 2 N–H and O–H groups in total. The minimum atomic E-state index is -5.09. The van der Waals surface area contributed by atoms with Crippen LogP contribution in [0.4, 0.5) is 9.57 Å². The Morgan fingerprint density at radius 3 is 2.50 bits per heavy atom. The Morgan fingerprint density at radius 2 is 2.00 bits per heavy atom. The average molecular weight is 219 g/mol. The normalized spacial score (nSPS) is 10.9. The largest absolute Gasteiger partial charge is 0.488 e. The molecule has 0 heterocycles. The third-order valence-electron chi connectivity index (χ3n) is 1.28. The first-order valence-corrected chi connectivity index (χ1v) is 4.71. The van der Waals surface area contributed by atoms with Gasteiger partial charge in [-0.2, -0.15) is 8.42 Å². The van der Waals surface area contributed by atoms with Gasteiger partial charge in [0.25, 0.3) is 0 Å². The third kappa shape index (κ3) is 3.02. The zero-order valence-corrected chi connectivity index (χ0v) is 7.62. The fraction of sp³-hybridized carbons (Fsp3) is 0. The van der Waals surface area contributed by atoms with Crippen LogP contribution < -0.4 is 9.92 Å². The topological polar surface area (TPSA) is 86.5 Å². The van der Waals surface area contributed by atoms with Gasteiger partial charge in [-0.15, -0.1) is 0 Å². The molecule has 1 rings (SSSR count). The molecule has 0 aliphatic rings. The fourth-order valence-electron chi connectivity index (χ4n) is 0.877. The molecule has 0 aliphatic carbocycles. The summed E-state index contributed by atoms with van der Waals surface area (Å²) in [5, 5.41) is 0. The number of benzene rings is 1. The Balaban J connectivity index is 3.10. The lowest BCUT2D eigenvalue weighted by Crippen LogP contribution is -2.02. The number of hydrogen-bond donors (Lipinski definition) is 1. The molecule has 0 aromatic heterocycles. The highest BCUT2D eigenvalue weighted by molar-refractivity contribution is 7.81. The van der Waals surface area contributed by atoms with Gasteiger partial charge in [0.2, 0.25) is 0 Å². The van der Waals surface area contributed by atoms with Gasteiger partial charge in [0.15, 0.2) is 0 Å². The number of anilines is 1. The smallest absolute Gasteiger partial charge is 0.399 e. The first-order chi connectivity index (χ1) is 6.40. The molecule has 0 amide bonds. The maximum Gasteiger partial charge on any atom is 0.488 e. The first kappa shape index (κ1) is 10.5. The van der Waals surface area contributed by atoms with Crippen molar-refractivity contribution in [1.29, 1.82) is 0 Å². The highest BCUT2D eigenvalue weighted by Gasteiger charge is 2.10. The van der Waals surface area contributed by atoms with Crippen molar-refractivity contribution in [3.8, 4) is 5.75 Å². The number of carbonyl (C=O) groups excluding carboxylic acids is 1. The van der Waals surface area contributed by atoms with Gasteiger partial charge >= 0.3 is 10.5 Å². The third-order valence-corrected chi connectivity index (χ3v) is 1.67. The van der Waals surface area contributed by atoms with Gasteiger partial charge in [-0.1, -0.05) is 3.89 Å². The van der Waals surface area contributed by atoms with Crippen molar-refractivity contribution in [3.63, 3.8) is 0 Å². The number of rotatable bonds is 3. The summed E-state index contributed by atoms with van der Waals surface area (Å²) in [5.41, 5.74) is 5.50. The van der Waals surface area contributed by atoms with E-state index in [0.717, 1.165) is 12.1 Å². The van der Waals surface area contributed by atoms with Crippen molar-refractivity contribution in [1.82, 2.24) is 0 Å². The summed E-state index contributed by atoms with van der Waals surface area (Å²) < 4.78 is 36.1. The van der Waals surface area contributed by atoms with E-state index in [0.29, 0.717) is 6.29 Å². The number of nitrogen functional groups attached to an aromatic ring is 1. The fourth-order valence-corrected chi connectivity index (χ4v) is 1.20. The number of halogens is 1. The van der Waals surface area contributed by atoms with E-state index >= 15 is 0 Å². The monoisotopic (exact) mass is 219 g/mol. The summed E-state index contributed by atoms with van der Waals surface area (Å²) in [4.78, 5) is 10.3. The molecule has 0 radical (unpaired) electrons. The standard InChI is InChI=1S/C7H6FNO4S/c8-14(11,12)13-7-2-5(4-10)1-6(9)3-7/h1-4H,9H2. The average Bonchev–Trinajstić information content (AvgIpc) is 1.99. The zero-order chi connectivity index (χ0) is 10.8. The van der Waals surface area contributed by atoms with E-state index in [1.165, 1.54) is 6.07 Å². The minimum absolute atomic E-state index is 0.101. The molecule has 0 aliphatic heterocycles. The van der Waals surface area contributed by atoms with Gasteiger partial charge in [0, 0.05) is 17.3 Å². The molecular weight excluding hydrogens is 213 g/mol. The molecule has 0 spiro atoms. The van der Waals surface area contributed by atoms with Crippen LogP contribution in [-0.4, -0.2) is 14.7 Å². The number of hydrogen-bond acceptors (Lipinski definition) is 5. The molecule has 0 saturated heterocycles. The van der Waals surface area contributed by atoms with E-state index in [1.54, 1.807) is 0 Å². The van der Waals surface area contributed by atoms with Crippen molar-refractivity contribution in [2.24, 2.45) is 0 Å². The van der Waals surface area contributed by atoms with Gasteiger partial charge in [-0.05, 0) is 12.1 Å². The van der Waals surface area contributed by atoms with Crippen molar-refractivity contribution < 1.29 is 21.3 Å².